The van der Waals surface area contributed by atoms with Crippen molar-refractivity contribution in [2.45, 2.75) is 51.5 Å². The quantitative estimate of drug-likeness (QED) is 0.687. The number of nitrogens with one attached hydrogen (secondary N) is 2. The van der Waals surface area contributed by atoms with Gasteiger partial charge in [0.1, 0.15) is 0 Å². The fraction of sp³-hybridized carbons (Fsp3) is 0.833. The molecule has 0 spiro atoms. The Morgan fingerprint density at radius 1 is 1.35 bits per heavy atom. The minimum absolute atomic E-state index is 0.0321. The highest BCUT2D eigenvalue weighted by Gasteiger charge is 2.21. The second-order valence-electron chi connectivity index (χ2n) is 4.68. The average molecular weight is 242 g/mol. The smallest absolute Gasteiger partial charge is 0.315 e. The molecule has 0 bridgehead atoms. The summed E-state index contributed by atoms with van der Waals surface area (Å²) in [7, 11) is 0. The molecule has 5 nitrogen and oxygen atoms in total. The third kappa shape index (κ3) is 5.56. The number of aliphatic carboxylic acids is 1. The maximum atomic E-state index is 11.5. The van der Waals surface area contributed by atoms with E-state index in [9.17, 15) is 9.59 Å². The number of hydrogen-bond acceptors (Lipinski definition) is 2. The van der Waals surface area contributed by atoms with Gasteiger partial charge in [-0.05, 0) is 18.8 Å². The molecular weight excluding hydrogens is 220 g/mol. The van der Waals surface area contributed by atoms with Crippen molar-refractivity contribution in [2.75, 3.05) is 6.54 Å². The third-order valence-electron chi connectivity index (χ3n) is 3.32. The number of carbonyl (C=O) groups is 2. The van der Waals surface area contributed by atoms with Crippen LogP contribution in [0.4, 0.5) is 4.79 Å². The highest BCUT2D eigenvalue weighted by Crippen LogP contribution is 2.26. The number of amides is 2. The Morgan fingerprint density at radius 2 is 2.12 bits per heavy atom. The molecule has 0 aromatic rings. The molecule has 1 aliphatic rings. The monoisotopic (exact) mass is 242 g/mol. The lowest BCUT2D eigenvalue weighted by Crippen LogP contribution is -2.44. The molecule has 17 heavy (non-hydrogen) atoms. The molecule has 0 aromatic carbocycles. The van der Waals surface area contributed by atoms with Gasteiger partial charge in [-0.25, -0.2) is 4.79 Å². The molecule has 98 valence electrons. The fourth-order valence-electron chi connectivity index (χ4n) is 2.31. The van der Waals surface area contributed by atoms with Crippen molar-refractivity contribution >= 4 is 12.0 Å². The zero-order chi connectivity index (χ0) is 12.7. The normalized spacial score (nSPS) is 24.1. The van der Waals surface area contributed by atoms with Gasteiger partial charge in [0.05, 0.1) is 6.42 Å². The molecule has 0 radical (unpaired) electrons. The van der Waals surface area contributed by atoms with Crippen molar-refractivity contribution in [3.05, 3.63) is 0 Å². The van der Waals surface area contributed by atoms with Crippen molar-refractivity contribution in [3.63, 3.8) is 0 Å². The minimum Gasteiger partial charge on any atom is -0.481 e. The van der Waals surface area contributed by atoms with E-state index in [2.05, 4.69) is 17.6 Å². The molecule has 2 atom stereocenters. The predicted octanol–water partition coefficient (Wildman–Crippen LogP) is 1.73. The van der Waals surface area contributed by atoms with Gasteiger partial charge in [-0.1, -0.05) is 26.2 Å². The lowest BCUT2D eigenvalue weighted by molar-refractivity contribution is -0.136. The summed E-state index contributed by atoms with van der Waals surface area (Å²) < 4.78 is 0. The second-order valence-corrected chi connectivity index (χ2v) is 4.68. The lowest BCUT2D eigenvalue weighted by Gasteiger charge is -2.29. The Balaban J connectivity index is 2.19. The zero-order valence-corrected chi connectivity index (χ0v) is 10.4. The molecule has 1 rings (SSSR count). The van der Waals surface area contributed by atoms with Crippen LogP contribution in [0.15, 0.2) is 0 Å². The van der Waals surface area contributed by atoms with E-state index < -0.39 is 5.97 Å². The summed E-state index contributed by atoms with van der Waals surface area (Å²) in [5, 5.41) is 13.9. The fourth-order valence-corrected chi connectivity index (χ4v) is 2.31. The molecule has 2 unspecified atom stereocenters. The highest BCUT2D eigenvalue weighted by atomic mass is 16.4. The van der Waals surface area contributed by atoms with Gasteiger partial charge in [0, 0.05) is 12.6 Å². The maximum absolute atomic E-state index is 11.5. The van der Waals surface area contributed by atoms with E-state index >= 15 is 0 Å². The average Bonchev–Trinajstić information content (AvgIpc) is 2.28. The van der Waals surface area contributed by atoms with Crippen LogP contribution in [0.2, 0.25) is 0 Å². The van der Waals surface area contributed by atoms with Crippen LogP contribution in [0, 0.1) is 5.92 Å². The first-order valence-corrected chi connectivity index (χ1v) is 6.38. The number of urea groups is 1. The van der Waals surface area contributed by atoms with Crippen LogP contribution >= 0.6 is 0 Å². The van der Waals surface area contributed by atoms with Crippen LogP contribution < -0.4 is 10.6 Å². The molecule has 1 saturated carbocycles. The van der Waals surface area contributed by atoms with Crippen molar-refractivity contribution in [1.82, 2.24) is 10.6 Å². The van der Waals surface area contributed by atoms with Crippen molar-refractivity contribution in [3.8, 4) is 0 Å². The highest BCUT2D eigenvalue weighted by molar-refractivity contribution is 5.75. The van der Waals surface area contributed by atoms with Crippen LogP contribution in [0.25, 0.3) is 0 Å². The van der Waals surface area contributed by atoms with Crippen molar-refractivity contribution in [1.29, 1.82) is 0 Å². The van der Waals surface area contributed by atoms with E-state index in [0.29, 0.717) is 5.92 Å². The first kappa shape index (κ1) is 13.8. The number of carboxylic acid groups (broad SMARTS) is 1. The standard InChI is InChI=1S/C12H22N2O3/c1-2-9-4-3-5-10(8-9)14-12(17)13-7-6-11(15)16/h9-10H,2-8H2,1H3,(H,15,16)(H2,13,14,17). The Kier molecular flexibility index (Phi) is 5.80. The molecule has 0 heterocycles. The van der Waals surface area contributed by atoms with Gasteiger partial charge in [-0.3, -0.25) is 4.79 Å². The Morgan fingerprint density at radius 3 is 2.76 bits per heavy atom. The van der Waals surface area contributed by atoms with Crippen LogP contribution in [-0.2, 0) is 4.79 Å². The molecule has 5 heteroatoms. The summed E-state index contributed by atoms with van der Waals surface area (Å²) in [6, 6.07) is 0.00605. The summed E-state index contributed by atoms with van der Waals surface area (Å²) in [5.41, 5.74) is 0. The van der Waals surface area contributed by atoms with Gasteiger partial charge in [-0.2, -0.15) is 0 Å². The van der Waals surface area contributed by atoms with E-state index in [4.69, 9.17) is 5.11 Å². The summed E-state index contributed by atoms with van der Waals surface area (Å²) in [5.74, 6) is -0.179. The Labute approximate surface area is 102 Å². The summed E-state index contributed by atoms with van der Waals surface area (Å²) in [6.45, 7) is 2.37. The topological polar surface area (TPSA) is 78.4 Å². The number of carbonyl (C=O) groups excluding carboxylic acids is 1. The number of hydrogen-bond donors (Lipinski definition) is 3. The van der Waals surface area contributed by atoms with Crippen LogP contribution in [0.1, 0.15) is 45.4 Å². The van der Waals surface area contributed by atoms with E-state index in [0.717, 1.165) is 12.8 Å². The van der Waals surface area contributed by atoms with Crippen molar-refractivity contribution in [2.24, 2.45) is 5.92 Å². The predicted molar refractivity (Wildman–Crippen MR) is 64.8 cm³/mol. The van der Waals surface area contributed by atoms with Crippen molar-refractivity contribution < 1.29 is 14.7 Å². The van der Waals surface area contributed by atoms with Gasteiger partial charge in [-0.15, -0.1) is 0 Å². The largest absolute Gasteiger partial charge is 0.481 e. The van der Waals surface area contributed by atoms with Gasteiger partial charge < -0.3 is 15.7 Å². The van der Waals surface area contributed by atoms with Gasteiger partial charge in [0.25, 0.3) is 0 Å². The van der Waals surface area contributed by atoms with E-state index in [1.54, 1.807) is 0 Å². The summed E-state index contributed by atoms with van der Waals surface area (Å²) in [4.78, 5) is 21.8. The minimum atomic E-state index is -0.894. The molecule has 3 N–H and O–H groups in total. The number of rotatable bonds is 5. The van der Waals surface area contributed by atoms with Crippen LogP contribution in [0.5, 0.6) is 0 Å². The summed E-state index contributed by atoms with van der Waals surface area (Å²) >= 11 is 0. The molecule has 2 amide bonds. The van der Waals surface area contributed by atoms with Gasteiger partial charge >= 0.3 is 12.0 Å². The van der Waals surface area contributed by atoms with Crippen LogP contribution in [0.3, 0.4) is 0 Å². The van der Waals surface area contributed by atoms with Crippen LogP contribution in [-0.4, -0.2) is 29.7 Å². The van der Waals surface area contributed by atoms with E-state index in [1.165, 1.54) is 19.3 Å². The summed E-state index contributed by atoms with van der Waals surface area (Å²) in [6.07, 6.45) is 5.63. The molecule has 0 aromatic heterocycles. The lowest BCUT2D eigenvalue weighted by atomic mass is 9.84. The van der Waals surface area contributed by atoms with Gasteiger partial charge in [0.15, 0.2) is 0 Å². The molecule has 0 saturated heterocycles. The SMILES string of the molecule is CCC1CCCC(NC(=O)NCCC(=O)O)C1. The Hall–Kier alpha value is -1.26. The zero-order valence-electron chi connectivity index (χ0n) is 10.4. The first-order valence-electron chi connectivity index (χ1n) is 6.38. The number of carboxylic acids is 1. The maximum Gasteiger partial charge on any atom is 0.315 e. The molecule has 1 fully saturated rings. The second kappa shape index (κ2) is 7.14. The van der Waals surface area contributed by atoms with E-state index in [-0.39, 0.29) is 25.0 Å². The Bertz CT molecular complexity index is 268. The van der Waals surface area contributed by atoms with Gasteiger partial charge in [0.2, 0.25) is 0 Å². The molecule has 1 aliphatic carbocycles. The molecular formula is C12H22N2O3. The third-order valence-corrected chi connectivity index (χ3v) is 3.32. The molecule has 0 aliphatic heterocycles. The first-order chi connectivity index (χ1) is 8.11. The van der Waals surface area contributed by atoms with E-state index in [1.807, 2.05) is 0 Å².